The second kappa shape index (κ2) is 6.41. The van der Waals surface area contributed by atoms with Crippen molar-refractivity contribution in [1.82, 2.24) is 0 Å². The molecule has 5 rings (SSSR count). The van der Waals surface area contributed by atoms with Gasteiger partial charge in [0, 0.05) is 0 Å². The van der Waals surface area contributed by atoms with Crippen molar-refractivity contribution in [1.29, 1.82) is 0 Å². The normalized spacial score (nSPS) is 57.3. The first-order valence-corrected chi connectivity index (χ1v) is 13.6. The zero-order chi connectivity index (χ0) is 21.7. The van der Waals surface area contributed by atoms with Crippen molar-refractivity contribution in [2.75, 3.05) is 0 Å². The number of rotatable bonds is 0. The molecule has 4 saturated carbocycles. The van der Waals surface area contributed by atoms with E-state index in [1.807, 2.05) is 5.57 Å². The van der Waals surface area contributed by atoms with Gasteiger partial charge in [-0.2, -0.15) is 0 Å². The van der Waals surface area contributed by atoms with E-state index in [4.69, 9.17) is 0 Å². The minimum Gasteiger partial charge on any atom is -0.0841 e. The van der Waals surface area contributed by atoms with Gasteiger partial charge in [-0.15, -0.1) is 0 Å². The van der Waals surface area contributed by atoms with Crippen LogP contribution in [0, 0.1) is 56.7 Å². The Balaban J connectivity index is 1.59. The maximum Gasteiger partial charge on any atom is -0.00564 e. The van der Waals surface area contributed by atoms with E-state index in [1.165, 1.54) is 64.2 Å². The van der Waals surface area contributed by atoms with Crippen LogP contribution in [0.5, 0.6) is 0 Å². The van der Waals surface area contributed by atoms with Crippen molar-refractivity contribution in [3.63, 3.8) is 0 Å². The SMILES string of the molecule is C[C@H]1[C@H](C)CC[C@]2(C)CC[C@]3(C)C(=CC[C@@H]4[C@@]5(C)CCCC(C)(C)[C@@H]5CC[C@]43C)[C@H]12. The molecule has 30 heavy (non-hydrogen) atoms. The van der Waals surface area contributed by atoms with Crippen LogP contribution in [0.15, 0.2) is 11.6 Å². The fourth-order valence-corrected chi connectivity index (χ4v) is 11.0. The average Bonchev–Trinajstić information content (AvgIpc) is 2.65. The number of allylic oxidation sites excluding steroid dienone is 2. The molecular weight excluding hydrogens is 360 g/mol. The molecule has 0 unspecified atom stereocenters. The number of fused-ring (bicyclic) bond motifs is 7. The summed E-state index contributed by atoms with van der Waals surface area (Å²) in [4.78, 5) is 0. The third-order valence-corrected chi connectivity index (χ3v) is 13.1. The molecule has 0 nitrogen and oxygen atoms in total. The Morgan fingerprint density at radius 3 is 2.23 bits per heavy atom. The van der Waals surface area contributed by atoms with E-state index >= 15 is 0 Å². The lowest BCUT2D eigenvalue weighted by Gasteiger charge is -2.71. The van der Waals surface area contributed by atoms with Gasteiger partial charge in [0.25, 0.3) is 0 Å². The Kier molecular flexibility index (Phi) is 4.61. The molecule has 0 bridgehead atoms. The van der Waals surface area contributed by atoms with E-state index in [2.05, 4.69) is 61.5 Å². The third kappa shape index (κ3) is 2.52. The average molecular weight is 411 g/mol. The second-order valence-electron chi connectivity index (χ2n) is 14.6. The number of hydrogen-bond donors (Lipinski definition) is 0. The lowest BCUT2D eigenvalue weighted by atomic mass is 9.33. The lowest BCUT2D eigenvalue weighted by molar-refractivity contribution is -0.180. The molecule has 4 fully saturated rings. The van der Waals surface area contributed by atoms with E-state index in [1.54, 1.807) is 0 Å². The molecular formula is C30H50. The maximum absolute atomic E-state index is 2.86. The summed E-state index contributed by atoms with van der Waals surface area (Å²) in [6.07, 6.45) is 17.4. The van der Waals surface area contributed by atoms with Crippen molar-refractivity contribution in [3.8, 4) is 0 Å². The molecule has 0 heterocycles. The minimum absolute atomic E-state index is 0.432. The third-order valence-electron chi connectivity index (χ3n) is 13.1. The van der Waals surface area contributed by atoms with Gasteiger partial charge >= 0.3 is 0 Å². The van der Waals surface area contributed by atoms with Crippen molar-refractivity contribution < 1.29 is 0 Å². The number of hydrogen-bond acceptors (Lipinski definition) is 0. The van der Waals surface area contributed by atoms with Crippen LogP contribution in [-0.2, 0) is 0 Å². The van der Waals surface area contributed by atoms with Crippen LogP contribution >= 0.6 is 0 Å². The predicted octanol–water partition coefficient (Wildman–Crippen LogP) is 9.05. The Bertz CT molecular complexity index is 743. The Labute approximate surface area is 188 Å². The van der Waals surface area contributed by atoms with Crippen LogP contribution < -0.4 is 0 Å². The molecule has 0 aromatic rings. The molecule has 9 atom stereocenters. The quantitative estimate of drug-likeness (QED) is 0.349. The van der Waals surface area contributed by atoms with E-state index < -0.39 is 0 Å². The van der Waals surface area contributed by atoms with Crippen molar-refractivity contribution in [2.24, 2.45) is 56.7 Å². The van der Waals surface area contributed by atoms with Gasteiger partial charge in [0.1, 0.15) is 0 Å². The molecule has 0 aromatic carbocycles. The fourth-order valence-electron chi connectivity index (χ4n) is 11.0. The summed E-state index contributed by atoms with van der Waals surface area (Å²) in [6.45, 7) is 21.3. The molecule has 0 N–H and O–H groups in total. The van der Waals surface area contributed by atoms with Crippen LogP contribution in [0.2, 0.25) is 0 Å². The zero-order valence-corrected chi connectivity index (χ0v) is 21.5. The summed E-state index contributed by atoms with van der Waals surface area (Å²) in [5, 5.41) is 0. The van der Waals surface area contributed by atoms with Crippen molar-refractivity contribution in [3.05, 3.63) is 11.6 Å². The molecule has 5 aliphatic rings. The van der Waals surface area contributed by atoms with Gasteiger partial charge in [-0.05, 0) is 114 Å². The molecule has 0 heteroatoms. The molecule has 170 valence electrons. The second-order valence-corrected chi connectivity index (χ2v) is 14.6. The highest BCUT2D eigenvalue weighted by molar-refractivity contribution is 5.33. The first-order chi connectivity index (χ1) is 13.9. The monoisotopic (exact) mass is 410 g/mol. The molecule has 0 aliphatic heterocycles. The molecule has 0 aromatic heterocycles. The van der Waals surface area contributed by atoms with Gasteiger partial charge in [0.2, 0.25) is 0 Å². The standard InChI is InChI=1S/C30H50/c1-20-12-16-27(5)18-19-29(7)22(25(27)21(20)2)10-11-24-28(6)15-9-14-26(3,4)23(28)13-17-30(24,29)8/h10,20-21,23-25H,9,11-19H2,1-8H3/t20-,21+,23+,24-,25+,27-,28+,29-,30-/m1/s1. The first-order valence-electron chi connectivity index (χ1n) is 13.6. The van der Waals surface area contributed by atoms with Gasteiger partial charge < -0.3 is 0 Å². The van der Waals surface area contributed by atoms with Crippen LogP contribution in [0.25, 0.3) is 0 Å². The Morgan fingerprint density at radius 1 is 0.767 bits per heavy atom. The predicted molar refractivity (Wildman–Crippen MR) is 129 cm³/mol. The van der Waals surface area contributed by atoms with Crippen LogP contribution in [0.3, 0.4) is 0 Å². The molecule has 0 saturated heterocycles. The van der Waals surface area contributed by atoms with E-state index in [-0.39, 0.29) is 0 Å². The van der Waals surface area contributed by atoms with Crippen molar-refractivity contribution in [2.45, 2.75) is 120 Å². The molecule has 0 radical (unpaired) electrons. The summed E-state index contributed by atoms with van der Waals surface area (Å²) in [5.74, 6) is 4.40. The van der Waals surface area contributed by atoms with E-state index in [9.17, 15) is 0 Å². The highest BCUT2D eigenvalue weighted by Crippen LogP contribution is 2.75. The topological polar surface area (TPSA) is 0 Å². The molecule has 0 spiro atoms. The van der Waals surface area contributed by atoms with Crippen molar-refractivity contribution >= 4 is 0 Å². The van der Waals surface area contributed by atoms with Crippen LogP contribution in [0.1, 0.15) is 120 Å². The summed E-state index contributed by atoms with van der Waals surface area (Å²) in [7, 11) is 0. The first kappa shape index (κ1) is 21.6. The fraction of sp³-hybridized carbons (Fsp3) is 0.933. The maximum atomic E-state index is 2.86. The molecule has 5 aliphatic carbocycles. The Hall–Kier alpha value is -0.260. The highest BCUT2D eigenvalue weighted by atomic mass is 14.7. The van der Waals surface area contributed by atoms with Crippen LogP contribution in [-0.4, -0.2) is 0 Å². The summed E-state index contributed by atoms with van der Waals surface area (Å²) >= 11 is 0. The summed E-state index contributed by atoms with van der Waals surface area (Å²) in [5.41, 5.74) is 4.52. The Morgan fingerprint density at radius 2 is 1.50 bits per heavy atom. The van der Waals surface area contributed by atoms with Gasteiger partial charge in [0.15, 0.2) is 0 Å². The van der Waals surface area contributed by atoms with E-state index in [0.29, 0.717) is 27.1 Å². The van der Waals surface area contributed by atoms with E-state index in [0.717, 1.165) is 29.6 Å². The summed E-state index contributed by atoms with van der Waals surface area (Å²) < 4.78 is 0. The van der Waals surface area contributed by atoms with Gasteiger partial charge in [-0.25, -0.2) is 0 Å². The highest BCUT2D eigenvalue weighted by Gasteiger charge is 2.67. The summed E-state index contributed by atoms with van der Waals surface area (Å²) in [6, 6.07) is 0. The lowest BCUT2D eigenvalue weighted by Crippen LogP contribution is -2.63. The van der Waals surface area contributed by atoms with Crippen LogP contribution in [0.4, 0.5) is 0 Å². The smallest absolute Gasteiger partial charge is 0.00564 e. The zero-order valence-electron chi connectivity index (χ0n) is 21.5. The molecule has 0 amide bonds. The van der Waals surface area contributed by atoms with Gasteiger partial charge in [-0.3, -0.25) is 0 Å². The van der Waals surface area contributed by atoms with Gasteiger partial charge in [0.05, 0.1) is 0 Å². The van der Waals surface area contributed by atoms with Gasteiger partial charge in [-0.1, -0.05) is 73.5 Å². The minimum atomic E-state index is 0.432. The largest absolute Gasteiger partial charge is 0.0841 e.